The molecule has 0 atom stereocenters. The lowest BCUT2D eigenvalue weighted by Gasteiger charge is -2.06. The van der Waals surface area contributed by atoms with Crippen molar-refractivity contribution in [3.05, 3.63) is 28.2 Å². The molecule has 1 aliphatic carbocycles. The van der Waals surface area contributed by atoms with Crippen LogP contribution in [-0.4, -0.2) is 19.1 Å². The summed E-state index contributed by atoms with van der Waals surface area (Å²) < 4.78 is 6.01. The summed E-state index contributed by atoms with van der Waals surface area (Å²) in [6, 6.07) is 6.12. The Kier molecular flexibility index (Phi) is 3.49. The smallest absolute Gasteiger partial charge is 0.224 e. The van der Waals surface area contributed by atoms with Crippen molar-refractivity contribution < 1.29 is 9.53 Å². The van der Waals surface area contributed by atoms with Gasteiger partial charge in [0.25, 0.3) is 0 Å². The number of benzene rings is 1. The summed E-state index contributed by atoms with van der Waals surface area (Å²) >= 11 is 3.40. The fourth-order valence-electron chi connectivity index (χ4n) is 1.51. The van der Waals surface area contributed by atoms with Gasteiger partial charge in [0.15, 0.2) is 0 Å². The van der Waals surface area contributed by atoms with E-state index >= 15 is 0 Å². The predicted octanol–water partition coefficient (Wildman–Crippen LogP) is 2.28. The van der Waals surface area contributed by atoms with E-state index in [0.29, 0.717) is 12.5 Å². The second kappa shape index (κ2) is 4.87. The van der Waals surface area contributed by atoms with Gasteiger partial charge in [-0.3, -0.25) is 4.79 Å². The largest absolute Gasteiger partial charge is 0.496 e. The molecule has 1 fully saturated rings. The molecule has 0 radical (unpaired) electrons. The van der Waals surface area contributed by atoms with Gasteiger partial charge in [0.2, 0.25) is 5.91 Å². The van der Waals surface area contributed by atoms with Crippen LogP contribution < -0.4 is 10.1 Å². The highest BCUT2D eigenvalue weighted by atomic mass is 79.9. The van der Waals surface area contributed by atoms with E-state index in [4.69, 9.17) is 4.74 Å². The molecule has 0 spiro atoms. The van der Waals surface area contributed by atoms with Crippen molar-refractivity contribution in [2.24, 2.45) is 0 Å². The zero-order chi connectivity index (χ0) is 11.5. The molecule has 4 heteroatoms. The van der Waals surface area contributed by atoms with E-state index in [1.165, 1.54) is 0 Å². The third-order valence-corrected chi connectivity index (χ3v) is 3.14. The van der Waals surface area contributed by atoms with Gasteiger partial charge in [-0.2, -0.15) is 0 Å². The third kappa shape index (κ3) is 2.98. The van der Waals surface area contributed by atoms with Gasteiger partial charge in [-0.1, -0.05) is 6.07 Å². The van der Waals surface area contributed by atoms with Crippen LogP contribution in [0.1, 0.15) is 18.4 Å². The van der Waals surface area contributed by atoms with Gasteiger partial charge in [0.05, 0.1) is 18.0 Å². The Hall–Kier alpha value is -1.03. The third-order valence-electron chi connectivity index (χ3n) is 2.52. The Morgan fingerprint density at radius 3 is 2.88 bits per heavy atom. The first-order valence-corrected chi connectivity index (χ1v) is 6.10. The molecule has 2 rings (SSSR count). The first kappa shape index (κ1) is 11.5. The van der Waals surface area contributed by atoms with Crippen molar-refractivity contribution in [2.45, 2.75) is 25.3 Å². The minimum Gasteiger partial charge on any atom is -0.496 e. The fraction of sp³-hybridized carbons (Fsp3) is 0.417. The monoisotopic (exact) mass is 283 g/mol. The molecule has 16 heavy (non-hydrogen) atoms. The zero-order valence-corrected chi connectivity index (χ0v) is 10.7. The van der Waals surface area contributed by atoms with Crippen molar-refractivity contribution in [2.75, 3.05) is 7.11 Å². The van der Waals surface area contributed by atoms with E-state index in [1.807, 2.05) is 18.2 Å². The van der Waals surface area contributed by atoms with Gasteiger partial charge in [-0.25, -0.2) is 0 Å². The van der Waals surface area contributed by atoms with Crippen LogP contribution in [0, 0.1) is 0 Å². The molecule has 0 aromatic heterocycles. The summed E-state index contributed by atoms with van der Waals surface area (Å²) in [5.41, 5.74) is 0.992. The van der Waals surface area contributed by atoms with Crippen LogP contribution in [-0.2, 0) is 11.2 Å². The zero-order valence-electron chi connectivity index (χ0n) is 9.13. The van der Waals surface area contributed by atoms with Gasteiger partial charge >= 0.3 is 0 Å². The molecule has 1 aromatic carbocycles. The van der Waals surface area contributed by atoms with E-state index < -0.39 is 0 Å². The molecule has 0 heterocycles. The molecule has 0 bridgehead atoms. The quantitative estimate of drug-likeness (QED) is 0.921. The Bertz CT molecular complexity index is 402. The van der Waals surface area contributed by atoms with Crippen molar-refractivity contribution in [3.63, 3.8) is 0 Å². The number of hydrogen-bond acceptors (Lipinski definition) is 2. The maximum atomic E-state index is 11.6. The number of ether oxygens (including phenoxy) is 1. The lowest BCUT2D eigenvalue weighted by atomic mass is 10.1. The number of methoxy groups -OCH3 is 1. The molecule has 1 saturated carbocycles. The van der Waals surface area contributed by atoms with E-state index in [2.05, 4.69) is 21.2 Å². The highest BCUT2D eigenvalue weighted by Gasteiger charge is 2.23. The van der Waals surface area contributed by atoms with Crippen LogP contribution in [0.3, 0.4) is 0 Å². The summed E-state index contributed by atoms with van der Waals surface area (Å²) in [5.74, 6) is 0.880. The van der Waals surface area contributed by atoms with Crippen molar-refractivity contribution >= 4 is 21.8 Å². The average Bonchev–Trinajstić information content (AvgIpc) is 3.01. The van der Waals surface area contributed by atoms with Gasteiger partial charge in [-0.05, 0) is 46.5 Å². The molecule has 1 N–H and O–H groups in total. The molecule has 0 unspecified atom stereocenters. The van der Waals surface area contributed by atoms with E-state index in [-0.39, 0.29) is 5.91 Å². The molecule has 1 amide bonds. The Balaban J connectivity index is 1.97. The Labute approximate surface area is 103 Å². The van der Waals surface area contributed by atoms with Crippen LogP contribution in [0.15, 0.2) is 22.7 Å². The van der Waals surface area contributed by atoms with Crippen LogP contribution in [0.2, 0.25) is 0 Å². The van der Waals surface area contributed by atoms with Crippen LogP contribution in [0.4, 0.5) is 0 Å². The standard InChI is InChI=1S/C12H14BrNO2/c1-16-11-5-2-8(6-10(11)13)7-12(15)14-9-3-4-9/h2,5-6,9H,3-4,7H2,1H3,(H,14,15). The molecule has 1 aromatic rings. The number of carbonyl (C=O) groups excluding carboxylic acids is 1. The lowest BCUT2D eigenvalue weighted by molar-refractivity contribution is -0.120. The SMILES string of the molecule is COc1ccc(CC(=O)NC2CC2)cc1Br. The highest BCUT2D eigenvalue weighted by molar-refractivity contribution is 9.10. The molecule has 3 nitrogen and oxygen atoms in total. The first-order chi connectivity index (χ1) is 7.69. The summed E-state index contributed by atoms with van der Waals surface area (Å²) in [6.07, 6.45) is 2.68. The van der Waals surface area contributed by atoms with E-state index in [0.717, 1.165) is 28.6 Å². The molecule has 0 saturated heterocycles. The average molecular weight is 284 g/mol. The van der Waals surface area contributed by atoms with Crippen LogP contribution in [0.5, 0.6) is 5.75 Å². The van der Waals surface area contributed by atoms with Crippen molar-refractivity contribution in [1.82, 2.24) is 5.32 Å². The lowest BCUT2D eigenvalue weighted by Crippen LogP contribution is -2.26. The summed E-state index contributed by atoms with van der Waals surface area (Å²) in [4.78, 5) is 11.6. The summed E-state index contributed by atoms with van der Waals surface area (Å²) in [5, 5.41) is 2.96. The fourth-order valence-corrected chi connectivity index (χ4v) is 2.10. The minimum absolute atomic E-state index is 0.0968. The molecule has 86 valence electrons. The number of nitrogens with one attached hydrogen (secondary N) is 1. The Morgan fingerprint density at radius 2 is 2.31 bits per heavy atom. The molecule has 1 aliphatic rings. The Morgan fingerprint density at radius 1 is 1.56 bits per heavy atom. The van der Waals surface area contributed by atoms with Crippen molar-refractivity contribution in [1.29, 1.82) is 0 Å². The summed E-state index contributed by atoms with van der Waals surface area (Å²) in [7, 11) is 1.62. The van der Waals surface area contributed by atoms with Gasteiger partial charge in [0, 0.05) is 6.04 Å². The second-order valence-electron chi connectivity index (χ2n) is 3.99. The number of rotatable bonds is 4. The van der Waals surface area contributed by atoms with Gasteiger partial charge in [-0.15, -0.1) is 0 Å². The number of halogens is 1. The number of hydrogen-bond donors (Lipinski definition) is 1. The molecular weight excluding hydrogens is 270 g/mol. The summed E-state index contributed by atoms with van der Waals surface area (Å²) in [6.45, 7) is 0. The predicted molar refractivity (Wildman–Crippen MR) is 65.6 cm³/mol. The molecular formula is C12H14BrNO2. The number of amides is 1. The minimum atomic E-state index is 0.0968. The van der Waals surface area contributed by atoms with Crippen molar-refractivity contribution in [3.8, 4) is 5.75 Å². The van der Waals surface area contributed by atoms with E-state index in [9.17, 15) is 4.79 Å². The number of carbonyl (C=O) groups is 1. The van der Waals surface area contributed by atoms with Gasteiger partial charge in [0.1, 0.15) is 5.75 Å². The normalized spacial score (nSPS) is 14.6. The maximum Gasteiger partial charge on any atom is 0.224 e. The molecule has 0 aliphatic heterocycles. The van der Waals surface area contributed by atoms with Crippen LogP contribution >= 0.6 is 15.9 Å². The maximum absolute atomic E-state index is 11.6. The highest BCUT2D eigenvalue weighted by Crippen LogP contribution is 2.26. The second-order valence-corrected chi connectivity index (χ2v) is 4.84. The van der Waals surface area contributed by atoms with Gasteiger partial charge < -0.3 is 10.1 Å². The topological polar surface area (TPSA) is 38.3 Å². The van der Waals surface area contributed by atoms with E-state index in [1.54, 1.807) is 7.11 Å². The van der Waals surface area contributed by atoms with Crippen LogP contribution in [0.25, 0.3) is 0 Å². The first-order valence-electron chi connectivity index (χ1n) is 5.31.